The average Bonchev–Trinajstić information content (AvgIpc) is 2.58. The number of nitrogens with zero attached hydrogens (tertiary/aromatic N) is 1. The second-order valence-electron chi connectivity index (χ2n) is 2.63. The molecule has 0 aliphatic carbocycles. The van der Waals surface area contributed by atoms with E-state index in [1.165, 1.54) is 17.6 Å². The van der Waals surface area contributed by atoms with Crippen molar-refractivity contribution in [3.8, 4) is 0 Å². The summed E-state index contributed by atoms with van der Waals surface area (Å²) in [4.78, 5) is 4.13. The number of ether oxygens (including phenoxy) is 1. The SMILES string of the molecule is C=COCCCNCc1ncc(Cl)s1. The summed E-state index contributed by atoms with van der Waals surface area (Å²) in [5.74, 6) is 0. The zero-order valence-electron chi connectivity index (χ0n) is 7.83. The summed E-state index contributed by atoms with van der Waals surface area (Å²) >= 11 is 7.24. The summed E-state index contributed by atoms with van der Waals surface area (Å²) in [6.45, 7) is 5.84. The highest BCUT2D eigenvalue weighted by atomic mass is 35.5. The standard InChI is InChI=1S/C9H13ClN2OS/c1-2-13-5-3-4-11-7-9-12-6-8(10)14-9/h2,6,11H,1,3-5,7H2. The summed E-state index contributed by atoms with van der Waals surface area (Å²) < 4.78 is 5.71. The molecule has 78 valence electrons. The van der Waals surface area contributed by atoms with Gasteiger partial charge in [-0.15, -0.1) is 11.3 Å². The summed E-state index contributed by atoms with van der Waals surface area (Å²) in [6.07, 6.45) is 4.09. The van der Waals surface area contributed by atoms with Gasteiger partial charge >= 0.3 is 0 Å². The molecule has 3 nitrogen and oxygen atoms in total. The molecule has 1 heterocycles. The molecular weight excluding hydrogens is 220 g/mol. The zero-order valence-corrected chi connectivity index (χ0v) is 9.40. The van der Waals surface area contributed by atoms with Crippen molar-refractivity contribution in [1.29, 1.82) is 0 Å². The predicted molar refractivity (Wildman–Crippen MR) is 59.6 cm³/mol. The van der Waals surface area contributed by atoms with Gasteiger partial charge < -0.3 is 10.1 Å². The van der Waals surface area contributed by atoms with Gasteiger partial charge in [-0.25, -0.2) is 4.98 Å². The molecule has 0 aromatic carbocycles. The molecule has 0 radical (unpaired) electrons. The lowest BCUT2D eigenvalue weighted by molar-refractivity contribution is 0.244. The molecule has 0 atom stereocenters. The van der Waals surface area contributed by atoms with Crippen molar-refractivity contribution in [2.24, 2.45) is 0 Å². The maximum absolute atomic E-state index is 5.74. The monoisotopic (exact) mass is 232 g/mol. The number of thiazole rings is 1. The molecule has 1 N–H and O–H groups in total. The molecular formula is C9H13ClN2OS. The van der Waals surface area contributed by atoms with Gasteiger partial charge in [-0.1, -0.05) is 18.2 Å². The highest BCUT2D eigenvalue weighted by Crippen LogP contribution is 2.17. The minimum absolute atomic E-state index is 0.703. The second kappa shape index (κ2) is 6.81. The smallest absolute Gasteiger partial charge is 0.113 e. The third kappa shape index (κ3) is 4.60. The van der Waals surface area contributed by atoms with Crippen LogP contribution < -0.4 is 5.32 Å². The van der Waals surface area contributed by atoms with E-state index >= 15 is 0 Å². The maximum atomic E-state index is 5.74. The van der Waals surface area contributed by atoms with Gasteiger partial charge in [-0.3, -0.25) is 0 Å². The van der Waals surface area contributed by atoms with E-state index < -0.39 is 0 Å². The van der Waals surface area contributed by atoms with Crippen LogP contribution in [0.25, 0.3) is 0 Å². The molecule has 1 aromatic heterocycles. The van der Waals surface area contributed by atoms with Crippen LogP contribution in [0.5, 0.6) is 0 Å². The minimum atomic E-state index is 0.703. The molecule has 0 fully saturated rings. The fourth-order valence-corrected chi connectivity index (χ4v) is 1.85. The van der Waals surface area contributed by atoms with Crippen LogP contribution in [0, 0.1) is 0 Å². The number of hydrogen-bond acceptors (Lipinski definition) is 4. The highest BCUT2D eigenvalue weighted by Gasteiger charge is 1.98. The van der Waals surface area contributed by atoms with E-state index in [9.17, 15) is 0 Å². The Morgan fingerprint density at radius 2 is 2.57 bits per heavy atom. The molecule has 1 rings (SSSR count). The van der Waals surface area contributed by atoms with Gasteiger partial charge in [0.15, 0.2) is 0 Å². The van der Waals surface area contributed by atoms with Gasteiger partial charge in [-0.2, -0.15) is 0 Å². The van der Waals surface area contributed by atoms with Gasteiger partial charge in [0.05, 0.1) is 19.1 Å². The fourth-order valence-electron chi connectivity index (χ4n) is 0.929. The zero-order chi connectivity index (χ0) is 10.2. The first-order valence-corrected chi connectivity index (χ1v) is 5.56. The topological polar surface area (TPSA) is 34.1 Å². The van der Waals surface area contributed by atoms with E-state index in [0.29, 0.717) is 6.61 Å². The Labute approximate surface area is 92.8 Å². The third-order valence-corrected chi connectivity index (χ3v) is 2.65. The van der Waals surface area contributed by atoms with E-state index in [2.05, 4.69) is 16.9 Å². The van der Waals surface area contributed by atoms with Crippen LogP contribution in [0.1, 0.15) is 11.4 Å². The second-order valence-corrected chi connectivity index (χ2v) is 4.37. The molecule has 0 aliphatic rings. The fraction of sp³-hybridized carbons (Fsp3) is 0.444. The van der Waals surface area contributed by atoms with Crippen LogP contribution in [0.2, 0.25) is 4.34 Å². The molecule has 0 bridgehead atoms. The minimum Gasteiger partial charge on any atom is -0.502 e. The van der Waals surface area contributed by atoms with Crippen LogP contribution in [-0.4, -0.2) is 18.1 Å². The predicted octanol–water partition coefficient (Wildman–Crippen LogP) is 2.44. The molecule has 1 aromatic rings. The number of nitrogens with one attached hydrogen (secondary N) is 1. The lowest BCUT2D eigenvalue weighted by Crippen LogP contribution is -2.15. The Morgan fingerprint density at radius 1 is 1.71 bits per heavy atom. The van der Waals surface area contributed by atoms with Gasteiger partial charge in [0.1, 0.15) is 9.34 Å². The van der Waals surface area contributed by atoms with E-state index in [-0.39, 0.29) is 0 Å². The maximum Gasteiger partial charge on any atom is 0.113 e. The van der Waals surface area contributed by atoms with Crippen molar-refractivity contribution in [2.75, 3.05) is 13.2 Å². The number of halogens is 1. The van der Waals surface area contributed by atoms with E-state index in [1.807, 2.05) is 0 Å². The highest BCUT2D eigenvalue weighted by molar-refractivity contribution is 7.15. The molecule has 0 saturated heterocycles. The van der Waals surface area contributed by atoms with Crippen molar-refractivity contribution in [1.82, 2.24) is 10.3 Å². The Hall–Kier alpha value is -0.580. The van der Waals surface area contributed by atoms with E-state index in [1.54, 1.807) is 6.20 Å². The lowest BCUT2D eigenvalue weighted by Gasteiger charge is -2.01. The van der Waals surface area contributed by atoms with Gasteiger partial charge in [0.25, 0.3) is 0 Å². The first kappa shape index (κ1) is 11.5. The van der Waals surface area contributed by atoms with Crippen LogP contribution in [0.3, 0.4) is 0 Å². The van der Waals surface area contributed by atoms with Gasteiger partial charge in [0, 0.05) is 6.54 Å². The van der Waals surface area contributed by atoms with Gasteiger partial charge in [0.2, 0.25) is 0 Å². The normalized spacial score (nSPS) is 10.1. The van der Waals surface area contributed by atoms with Gasteiger partial charge in [-0.05, 0) is 13.0 Å². The molecule has 0 amide bonds. The third-order valence-electron chi connectivity index (χ3n) is 1.54. The van der Waals surface area contributed by atoms with Crippen molar-refractivity contribution in [2.45, 2.75) is 13.0 Å². The molecule has 0 spiro atoms. The molecule has 0 saturated carbocycles. The first-order chi connectivity index (χ1) is 6.83. The van der Waals surface area contributed by atoms with Crippen molar-refractivity contribution >= 4 is 22.9 Å². The molecule has 14 heavy (non-hydrogen) atoms. The summed E-state index contributed by atoms with van der Waals surface area (Å²) in [5, 5.41) is 4.26. The Bertz CT molecular complexity index is 278. The van der Waals surface area contributed by atoms with Crippen molar-refractivity contribution in [3.05, 3.63) is 28.4 Å². The largest absolute Gasteiger partial charge is 0.502 e. The Kier molecular flexibility index (Phi) is 5.59. The van der Waals surface area contributed by atoms with E-state index in [4.69, 9.17) is 16.3 Å². The molecule has 0 aliphatic heterocycles. The average molecular weight is 233 g/mol. The molecule has 5 heteroatoms. The Balaban J connectivity index is 2.01. The van der Waals surface area contributed by atoms with Crippen LogP contribution in [-0.2, 0) is 11.3 Å². The van der Waals surface area contributed by atoms with E-state index in [0.717, 1.165) is 28.9 Å². The summed E-state index contributed by atoms with van der Waals surface area (Å²) in [6, 6.07) is 0. The van der Waals surface area contributed by atoms with Crippen molar-refractivity contribution in [3.63, 3.8) is 0 Å². The lowest BCUT2D eigenvalue weighted by atomic mass is 10.4. The number of rotatable bonds is 7. The van der Waals surface area contributed by atoms with Crippen molar-refractivity contribution < 1.29 is 4.74 Å². The number of hydrogen-bond donors (Lipinski definition) is 1. The van der Waals surface area contributed by atoms with Crippen LogP contribution in [0.4, 0.5) is 0 Å². The molecule has 0 unspecified atom stereocenters. The number of aromatic nitrogens is 1. The van der Waals surface area contributed by atoms with Crippen LogP contribution in [0.15, 0.2) is 19.0 Å². The van der Waals surface area contributed by atoms with Crippen LogP contribution >= 0.6 is 22.9 Å². The first-order valence-electron chi connectivity index (χ1n) is 4.36. The summed E-state index contributed by atoms with van der Waals surface area (Å²) in [5.41, 5.74) is 0. The summed E-state index contributed by atoms with van der Waals surface area (Å²) in [7, 11) is 0. The Morgan fingerprint density at radius 3 is 3.21 bits per heavy atom. The quantitative estimate of drug-likeness (QED) is 0.579.